The highest BCUT2D eigenvalue weighted by Crippen LogP contribution is 2.23. The standard InChI is InChI=1S/C27H35N5O6/c1-26(2,3)37-24(34)31-23(32-25(35)38-27(4,5)6)29-17-13-11-16(12-14-17)15-18(28)21(33)22-30-19-9-7-8-10-20(19)36-22/h7-14,18,21,33H,15,28H2,1-6H3,(H2,29,31,32,34,35)/t18-,21?/m0/s1. The van der Waals surface area contributed by atoms with Crippen LogP contribution in [0.1, 0.15) is 59.1 Å². The summed E-state index contributed by atoms with van der Waals surface area (Å²) in [5.41, 5.74) is 7.31. The van der Waals surface area contributed by atoms with E-state index in [9.17, 15) is 14.7 Å². The number of fused-ring (bicyclic) bond motifs is 1. The predicted octanol–water partition coefficient (Wildman–Crippen LogP) is 4.66. The van der Waals surface area contributed by atoms with Crippen molar-refractivity contribution in [3.63, 3.8) is 0 Å². The van der Waals surface area contributed by atoms with Crippen LogP contribution in [0.5, 0.6) is 0 Å². The third-order valence-electron chi connectivity index (χ3n) is 4.87. The molecule has 0 bridgehead atoms. The number of para-hydroxylation sites is 2. The van der Waals surface area contributed by atoms with Crippen molar-refractivity contribution < 1.29 is 28.6 Å². The van der Waals surface area contributed by atoms with E-state index in [4.69, 9.17) is 19.6 Å². The summed E-state index contributed by atoms with van der Waals surface area (Å²) in [5.74, 6) is -0.00228. The number of aromatic nitrogens is 1. The van der Waals surface area contributed by atoms with Crippen molar-refractivity contribution in [1.29, 1.82) is 0 Å². The maximum Gasteiger partial charge on any atom is 0.437 e. The Morgan fingerprint density at radius 1 is 1.03 bits per heavy atom. The second-order valence-electron chi connectivity index (χ2n) is 10.7. The Bertz CT molecular complexity index is 1250. The number of oxazole rings is 1. The Balaban J connectivity index is 1.68. The van der Waals surface area contributed by atoms with Gasteiger partial charge in [0.15, 0.2) is 5.58 Å². The number of alkyl carbamates (subject to hydrolysis) is 1. The molecule has 0 aliphatic carbocycles. The summed E-state index contributed by atoms with van der Waals surface area (Å²) in [5, 5.41) is 16.0. The number of anilines is 1. The van der Waals surface area contributed by atoms with E-state index in [1.54, 1.807) is 77.9 Å². The van der Waals surface area contributed by atoms with Gasteiger partial charge in [-0.15, -0.1) is 4.99 Å². The normalized spacial score (nSPS) is 14.1. The molecule has 204 valence electrons. The van der Waals surface area contributed by atoms with Gasteiger partial charge in [0, 0.05) is 11.7 Å². The van der Waals surface area contributed by atoms with Crippen LogP contribution in [0.2, 0.25) is 0 Å². The predicted molar refractivity (Wildman–Crippen MR) is 144 cm³/mol. The molecule has 3 rings (SSSR count). The Labute approximate surface area is 221 Å². The molecule has 0 fully saturated rings. The first-order chi connectivity index (χ1) is 17.7. The Hall–Kier alpha value is -3.96. The molecule has 3 aromatic rings. The van der Waals surface area contributed by atoms with Crippen LogP contribution in [-0.2, 0) is 15.9 Å². The van der Waals surface area contributed by atoms with E-state index >= 15 is 0 Å². The second-order valence-corrected chi connectivity index (χ2v) is 10.7. The average molecular weight is 526 g/mol. The lowest BCUT2D eigenvalue weighted by Gasteiger charge is -2.21. The van der Waals surface area contributed by atoms with Crippen molar-refractivity contribution in [3.05, 3.63) is 60.0 Å². The van der Waals surface area contributed by atoms with E-state index in [2.05, 4.69) is 20.6 Å². The third kappa shape index (κ3) is 8.86. The number of guanidine groups is 1. The smallest absolute Gasteiger partial charge is 0.437 e. The topological polar surface area (TPSA) is 161 Å². The lowest BCUT2D eigenvalue weighted by molar-refractivity contribution is 0.0562. The molecule has 1 heterocycles. The fraction of sp³-hybridized carbons (Fsp3) is 0.407. The van der Waals surface area contributed by atoms with Crippen molar-refractivity contribution in [3.8, 4) is 0 Å². The third-order valence-corrected chi connectivity index (χ3v) is 4.87. The first-order valence-corrected chi connectivity index (χ1v) is 12.2. The molecule has 5 N–H and O–H groups in total. The SMILES string of the molecule is CC(C)(C)OC(=O)/N=C(\NC(=O)OC(C)(C)C)Nc1ccc(C[C@H](N)C(O)c2nc3ccccc3o2)cc1. The number of nitrogens with two attached hydrogens (primary N) is 1. The minimum atomic E-state index is -1.09. The summed E-state index contributed by atoms with van der Waals surface area (Å²) in [6.07, 6.45) is -2.42. The maximum atomic E-state index is 12.3. The zero-order valence-electron chi connectivity index (χ0n) is 22.4. The van der Waals surface area contributed by atoms with Gasteiger partial charge in [-0.2, -0.15) is 0 Å². The number of hydrogen-bond donors (Lipinski definition) is 4. The van der Waals surface area contributed by atoms with Gasteiger partial charge in [0.1, 0.15) is 22.8 Å². The zero-order chi connectivity index (χ0) is 28.1. The molecule has 11 heteroatoms. The molecule has 2 aromatic carbocycles. The molecular weight excluding hydrogens is 490 g/mol. The van der Waals surface area contributed by atoms with Gasteiger partial charge in [-0.1, -0.05) is 24.3 Å². The summed E-state index contributed by atoms with van der Waals surface area (Å²) < 4.78 is 16.1. The van der Waals surface area contributed by atoms with Gasteiger partial charge in [0.25, 0.3) is 0 Å². The van der Waals surface area contributed by atoms with Crippen LogP contribution in [0.15, 0.2) is 57.9 Å². The van der Waals surface area contributed by atoms with Gasteiger partial charge in [0.05, 0.1) is 0 Å². The Morgan fingerprint density at radius 2 is 1.66 bits per heavy atom. The minimum Gasteiger partial charge on any atom is -0.444 e. The summed E-state index contributed by atoms with van der Waals surface area (Å²) in [6, 6.07) is 13.6. The summed E-state index contributed by atoms with van der Waals surface area (Å²) in [7, 11) is 0. The number of aliphatic hydroxyl groups excluding tert-OH is 1. The first kappa shape index (κ1) is 28.6. The molecule has 1 unspecified atom stereocenters. The minimum absolute atomic E-state index is 0.160. The Morgan fingerprint density at radius 3 is 2.26 bits per heavy atom. The highest BCUT2D eigenvalue weighted by molar-refractivity contribution is 6.06. The average Bonchev–Trinajstić information content (AvgIpc) is 3.21. The molecule has 0 saturated carbocycles. The van der Waals surface area contributed by atoms with Crippen LogP contribution in [0, 0.1) is 0 Å². The molecule has 0 aliphatic rings. The first-order valence-electron chi connectivity index (χ1n) is 12.2. The monoisotopic (exact) mass is 525 g/mol. The van der Waals surface area contributed by atoms with E-state index in [1.807, 2.05) is 12.1 Å². The van der Waals surface area contributed by atoms with Gasteiger partial charge in [-0.3, -0.25) is 5.32 Å². The fourth-order valence-corrected chi connectivity index (χ4v) is 3.31. The van der Waals surface area contributed by atoms with Gasteiger partial charge < -0.3 is 30.0 Å². The van der Waals surface area contributed by atoms with Gasteiger partial charge >= 0.3 is 12.2 Å². The van der Waals surface area contributed by atoms with Crippen LogP contribution in [0.4, 0.5) is 15.3 Å². The largest absolute Gasteiger partial charge is 0.444 e. The summed E-state index contributed by atoms with van der Waals surface area (Å²) >= 11 is 0. The quantitative estimate of drug-likeness (QED) is 0.274. The number of carbonyl (C=O) groups excluding carboxylic acids is 2. The molecule has 2 amide bonds. The van der Waals surface area contributed by atoms with E-state index in [0.29, 0.717) is 23.2 Å². The van der Waals surface area contributed by atoms with Crippen LogP contribution in [0.25, 0.3) is 11.1 Å². The van der Waals surface area contributed by atoms with Crippen LogP contribution in [0.3, 0.4) is 0 Å². The number of benzene rings is 2. The number of aliphatic imine (C=N–C) groups is 1. The van der Waals surface area contributed by atoms with E-state index in [0.717, 1.165) is 5.56 Å². The number of amides is 2. The second kappa shape index (κ2) is 11.6. The van der Waals surface area contributed by atoms with Crippen LogP contribution in [-0.4, -0.2) is 45.5 Å². The molecule has 0 spiro atoms. The van der Waals surface area contributed by atoms with Crippen molar-refractivity contribution in [2.45, 2.75) is 71.3 Å². The number of aliphatic hydroxyl groups is 1. The molecule has 11 nitrogen and oxygen atoms in total. The lowest BCUT2D eigenvalue weighted by atomic mass is 10.0. The molecule has 0 saturated heterocycles. The van der Waals surface area contributed by atoms with Crippen molar-refractivity contribution in [2.75, 3.05) is 5.32 Å². The number of nitrogens with zero attached hydrogens (tertiary/aromatic N) is 2. The number of carbonyl (C=O) groups is 2. The van der Waals surface area contributed by atoms with Gasteiger partial charge in [-0.25, -0.2) is 14.6 Å². The fourth-order valence-electron chi connectivity index (χ4n) is 3.31. The lowest BCUT2D eigenvalue weighted by Crippen LogP contribution is -2.40. The number of nitrogens with one attached hydrogen (secondary N) is 2. The van der Waals surface area contributed by atoms with E-state index < -0.39 is 35.5 Å². The highest BCUT2D eigenvalue weighted by Gasteiger charge is 2.23. The van der Waals surface area contributed by atoms with Gasteiger partial charge in [-0.05, 0) is 77.8 Å². The molecule has 0 aliphatic heterocycles. The summed E-state index contributed by atoms with van der Waals surface area (Å²) in [6.45, 7) is 10.3. The van der Waals surface area contributed by atoms with Crippen molar-refractivity contribution in [1.82, 2.24) is 10.3 Å². The zero-order valence-corrected chi connectivity index (χ0v) is 22.4. The van der Waals surface area contributed by atoms with Crippen LogP contribution >= 0.6 is 0 Å². The molecule has 1 aromatic heterocycles. The molecule has 2 atom stereocenters. The Kier molecular flexibility index (Phi) is 8.74. The summed E-state index contributed by atoms with van der Waals surface area (Å²) in [4.78, 5) is 32.7. The molecule has 38 heavy (non-hydrogen) atoms. The number of hydrogen-bond acceptors (Lipinski definition) is 8. The highest BCUT2D eigenvalue weighted by atomic mass is 16.6. The van der Waals surface area contributed by atoms with Crippen LogP contribution < -0.4 is 16.4 Å². The van der Waals surface area contributed by atoms with Crippen molar-refractivity contribution in [2.24, 2.45) is 10.7 Å². The van der Waals surface area contributed by atoms with E-state index in [1.165, 1.54) is 0 Å². The van der Waals surface area contributed by atoms with E-state index in [-0.39, 0.29) is 11.9 Å². The molecular formula is C27H35N5O6. The number of rotatable bonds is 5. The van der Waals surface area contributed by atoms with Crippen molar-refractivity contribution >= 4 is 34.9 Å². The number of ether oxygens (including phenoxy) is 2. The van der Waals surface area contributed by atoms with Gasteiger partial charge in [0.2, 0.25) is 11.9 Å². The molecule has 0 radical (unpaired) electrons. The maximum absolute atomic E-state index is 12.3.